The van der Waals surface area contributed by atoms with E-state index in [4.69, 9.17) is 20.8 Å². The molecule has 10 nitrogen and oxygen atoms in total. The lowest BCUT2D eigenvalue weighted by Crippen LogP contribution is -2.19. The van der Waals surface area contributed by atoms with Gasteiger partial charge in [-0.3, -0.25) is 18.6 Å². The molecular weight excluding hydrogens is 398 g/mol. The molecule has 0 aromatic rings. The number of nitrogens with two attached hydrogens (primary N) is 2. The van der Waals surface area contributed by atoms with Gasteiger partial charge < -0.3 is 9.79 Å². The lowest BCUT2D eigenvalue weighted by atomic mass is 10.0. The summed E-state index contributed by atoms with van der Waals surface area (Å²) >= 11 is 0. The number of carbonyl (C=O) groups excluding carboxylic acids is 2. The maximum Gasteiger partial charge on any atom is 0.402 e. The van der Waals surface area contributed by atoms with Crippen molar-refractivity contribution in [3.05, 3.63) is 0 Å². The first-order chi connectivity index (χ1) is 12.4. The molecule has 0 radical (unpaired) electrons. The minimum Gasteiger partial charge on any atom is -0.313 e. The highest BCUT2D eigenvalue weighted by atomic mass is 31.2. The van der Waals surface area contributed by atoms with Gasteiger partial charge in [-0.25, -0.2) is 20.1 Å². The highest BCUT2D eigenvalue weighted by Gasteiger charge is 2.26. The smallest absolute Gasteiger partial charge is 0.313 e. The molecule has 6 N–H and O–H groups in total. The van der Waals surface area contributed by atoms with Gasteiger partial charge in [0.25, 0.3) is 0 Å². The number of hydrogen-bond acceptors (Lipinski definition) is 6. The molecule has 27 heavy (non-hydrogen) atoms. The number of ketones is 2. The van der Waals surface area contributed by atoms with Crippen LogP contribution in [-0.4, -0.2) is 27.6 Å². The summed E-state index contributed by atoms with van der Waals surface area (Å²) in [4.78, 5) is 41.4. The van der Waals surface area contributed by atoms with Crippen molar-refractivity contribution in [2.75, 3.05) is 0 Å². The van der Waals surface area contributed by atoms with Gasteiger partial charge in [0, 0.05) is 25.7 Å². The minimum absolute atomic E-state index is 0.00746. The van der Waals surface area contributed by atoms with E-state index in [9.17, 15) is 18.7 Å². The van der Waals surface area contributed by atoms with Gasteiger partial charge in [0.2, 0.25) is 0 Å². The zero-order valence-corrected chi connectivity index (χ0v) is 17.5. The molecule has 12 heteroatoms. The third-order valence-electron chi connectivity index (χ3n) is 3.65. The molecule has 0 amide bonds. The maximum atomic E-state index is 11.8. The average molecular weight is 430 g/mol. The molecular formula is C15H32N2O8P2. The van der Waals surface area contributed by atoms with Gasteiger partial charge in [-0.05, 0) is 32.1 Å². The van der Waals surface area contributed by atoms with Crippen LogP contribution in [0.2, 0.25) is 0 Å². The van der Waals surface area contributed by atoms with Crippen LogP contribution in [0.15, 0.2) is 0 Å². The zero-order chi connectivity index (χ0) is 20.9. The predicted octanol–water partition coefficient (Wildman–Crippen LogP) is 2.91. The minimum atomic E-state index is -4.42. The number of hydrogen-bond donors (Lipinski definition) is 4. The molecule has 2 unspecified atom stereocenters. The molecule has 2 atom stereocenters. The van der Waals surface area contributed by atoms with E-state index in [0.29, 0.717) is 38.5 Å². The predicted molar refractivity (Wildman–Crippen MR) is 100 cm³/mol. The summed E-state index contributed by atoms with van der Waals surface area (Å²) in [6.07, 6.45) is 4.25. The Hall–Kier alpha value is -0.440. The largest absolute Gasteiger partial charge is 0.402 e. The van der Waals surface area contributed by atoms with Crippen LogP contribution in [0.5, 0.6) is 0 Å². The normalized spacial score (nSPS) is 17.1. The molecule has 0 fully saturated rings. The van der Waals surface area contributed by atoms with Crippen LogP contribution in [-0.2, 0) is 27.8 Å². The average Bonchev–Trinajstić information content (AvgIpc) is 2.48. The van der Waals surface area contributed by atoms with E-state index in [1.54, 1.807) is 0 Å². The Morgan fingerprint density at radius 3 is 1.63 bits per heavy atom. The van der Waals surface area contributed by atoms with E-state index >= 15 is 0 Å². The Balaban J connectivity index is 4.01. The van der Waals surface area contributed by atoms with Crippen molar-refractivity contribution in [2.24, 2.45) is 11.0 Å². The van der Waals surface area contributed by atoms with Gasteiger partial charge in [0.1, 0.15) is 11.6 Å². The molecule has 0 aliphatic carbocycles. The highest BCUT2D eigenvalue weighted by molar-refractivity contribution is 7.50. The Labute approximate surface area is 160 Å². The molecule has 0 rings (SSSR count). The summed E-state index contributed by atoms with van der Waals surface area (Å²) in [7, 11) is -8.84. The summed E-state index contributed by atoms with van der Waals surface area (Å²) in [6, 6.07) is 0. The van der Waals surface area contributed by atoms with E-state index in [1.807, 2.05) is 0 Å². The molecule has 0 saturated carbocycles. The van der Waals surface area contributed by atoms with Crippen molar-refractivity contribution < 1.29 is 37.6 Å². The van der Waals surface area contributed by atoms with Crippen LogP contribution in [0.1, 0.15) is 77.6 Å². The SMILES string of the molecule is CCCCCC(=O)CCCC(=O)CCCCC(OP(N)(=O)O)OP(N)(=O)O. The summed E-state index contributed by atoms with van der Waals surface area (Å²) in [5.41, 5.74) is 9.68. The van der Waals surface area contributed by atoms with E-state index in [1.165, 1.54) is 0 Å². The first-order valence-electron chi connectivity index (χ1n) is 9.06. The topological polar surface area (TPSA) is 179 Å². The van der Waals surface area contributed by atoms with Gasteiger partial charge in [-0.2, -0.15) is 0 Å². The number of carbonyl (C=O) groups is 2. The van der Waals surface area contributed by atoms with Crippen LogP contribution < -0.4 is 11.0 Å². The van der Waals surface area contributed by atoms with E-state index in [0.717, 1.165) is 19.3 Å². The number of rotatable bonds is 17. The van der Waals surface area contributed by atoms with E-state index in [-0.39, 0.29) is 24.4 Å². The van der Waals surface area contributed by atoms with E-state index in [2.05, 4.69) is 16.0 Å². The van der Waals surface area contributed by atoms with Crippen LogP contribution in [0.3, 0.4) is 0 Å². The van der Waals surface area contributed by atoms with Gasteiger partial charge in [0.15, 0.2) is 6.29 Å². The second-order valence-corrected chi connectivity index (χ2v) is 9.08. The van der Waals surface area contributed by atoms with Gasteiger partial charge >= 0.3 is 15.5 Å². The molecule has 160 valence electrons. The number of Topliss-reactive ketones (excluding diaryl/α,β-unsaturated/α-hetero) is 2. The third-order valence-corrected chi connectivity index (χ3v) is 4.73. The second kappa shape index (κ2) is 13.7. The maximum absolute atomic E-state index is 11.8. The lowest BCUT2D eigenvalue weighted by Gasteiger charge is -2.20. The van der Waals surface area contributed by atoms with Crippen molar-refractivity contribution in [3.8, 4) is 0 Å². The standard InChI is InChI=1S/C15H32N2O8P2/c1-2-3-4-8-13(18)10-7-11-14(19)9-5-6-12-15(24-26(16,20)21)25-27(17,22)23/h15H,2-12H2,1H3,(H3,16,20,21)(H3,17,22,23). The summed E-state index contributed by atoms with van der Waals surface area (Å²) in [6.45, 7) is 2.07. The third kappa shape index (κ3) is 18.7. The fourth-order valence-corrected chi connectivity index (χ4v) is 3.44. The van der Waals surface area contributed by atoms with Crippen LogP contribution in [0.4, 0.5) is 0 Å². The Morgan fingerprint density at radius 1 is 0.815 bits per heavy atom. The molecule has 0 heterocycles. The lowest BCUT2D eigenvalue weighted by molar-refractivity contribution is -0.120. The van der Waals surface area contributed by atoms with Gasteiger partial charge in [-0.15, -0.1) is 0 Å². The molecule has 0 aromatic heterocycles. The summed E-state index contributed by atoms with van der Waals surface area (Å²) in [5, 5.41) is 0. The molecule has 0 bridgehead atoms. The fourth-order valence-electron chi connectivity index (χ4n) is 2.40. The zero-order valence-electron chi connectivity index (χ0n) is 15.7. The molecule has 0 aromatic carbocycles. The molecule has 0 aliphatic heterocycles. The Morgan fingerprint density at radius 2 is 1.22 bits per heavy atom. The fraction of sp³-hybridized carbons (Fsp3) is 0.867. The van der Waals surface area contributed by atoms with Crippen molar-refractivity contribution in [1.82, 2.24) is 0 Å². The second-order valence-electron chi connectivity index (χ2n) is 6.40. The van der Waals surface area contributed by atoms with Crippen LogP contribution in [0.25, 0.3) is 0 Å². The van der Waals surface area contributed by atoms with Crippen molar-refractivity contribution >= 4 is 27.1 Å². The van der Waals surface area contributed by atoms with Crippen LogP contribution in [0, 0.1) is 0 Å². The molecule has 0 spiro atoms. The van der Waals surface area contributed by atoms with Crippen molar-refractivity contribution in [3.63, 3.8) is 0 Å². The summed E-state index contributed by atoms with van der Waals surface area (Å²) in [5.74, 6) is 0.187. The molecule has 0 aliphatic rings. The van der Waals surface area contributed by atoms with Crippen molar-refractivity contribution in [1.29, 1.82) is 0 Å². The first-order valence-corrected chi connectivity index (χ1v) is 12.3. The highest BCUT2D eigenvalue weighted by Crippen LogP contribution is 2.41. The first kappa shape index (κ1) is 26.6. The van der Waals surface area contributed by atoms with E-state index < -0.39 is 21.8 Å². The monoisotopic (exact) mass is 430 g/mol. The van der Waals surface area contributed by atoms with Crippen LogP contribution >= 0.6 is 15.5 Å². The van der Waals surface area contributed by atoms with Gasteiger partial charge in [0.05, 0.1) is 0 Å². The Kier molecular flexibility index (Phi) is 13.5. The van der Waals surface area contributed by atoms with Gasteiger partial charge in [-0.1, -0.05) is 19.8 Å². The Bertz CT molecular complexity index is 522. The van der Waals surface area contributed by atoms with Crippen molar-refractivity contribution in [2.45, 2.75) is 83.8 Å². The quantitative estimate of drug-likeness (QED) is 0.152. The summed E-state index contributed by atoms with van der Waals surface area (Å²) < 4.78 is 31.1. The molecule has 0 saturated heterocycles. The number of unbranched alkanes of at least 4 members (excludes halogenated alkanes) is 3.